The SMILES string of the molecule is CCOC(=O)C1(NC(=O)C2(Oc3cccnc3C)CCNCC2)CCC1. The fraction of sp³-hybridized carbons (Fsp3) is 0.632. The van der Waals surface area contributed by atoms with Crippen LogP contribution in [-0.2, 0) is 14.3 Å². The van der Waals surface area contributed by atoms with Crippen molar-refractivity contribution in [1.82, 2.24) is 15.6 Å². The maximum Gasteiger partial charge on any atom is 0.331 e. The highest BCUT2D eigenvalue weighted by Gasteiger charge is 2.51. The molecule has 0 radical (unpaired) electrons. The number of amides is 1. The summed E-state index contributed by atoms with van der Waals surface area (Å²) >= 11 is 0. The van der Waals surface area contributed by atoms with Gasteiger partial charge in [-0.15, -0.1) is 0 Å². The number of nitrogens with zero attached hydrogens (tertiary/aromatic N) is 1. The Morgan fingerprint density at radius 1 is 1.27 bits per heavy atom. The van der Waals surface area contributed by atoms with Gasteiger partial charge < -0.3 is 20.1 Å². The van der Waals surface area contributed by atoms with Crippen molar-refractivity contribution in [3.8, 4) is 5.75 Å². The maximum absolute atomic E-state index is 13.3. The van der Waals surface area contributed by atoms with Gasteiger partial charge in [0.1, 0.15) is 11.3 Å². The molecule has 1 amide bonds. The number of aromatic nitrogens is 1. The monoisotopic (exact) mass is 361 g/mol. The number of rotatable bonds is 6. The van der Waals surface area contributed by atoms with E-state index in [9.17, 15) is 9.59 Å². The van der Waals surface area contributed by atoms with E-state index in [1.54, 1.807) is 19.2 Å². The van der Waals surface area contributed by atoms with Crippen molar-refractivity contribution in [2.45, 2.75) is 57.1 Å². The van der Waals surface area contributed by atoms with Crippen molar-refractivity contribution in [3.63, 3.8) is 0 Å². The molecule has 0 spiro atoms. The lowest BCUT2D eigenvalue weighted by Gasteiger charge is -2.44. The summed E-state index contributed by atoms with van der Waals surface area (Å²) in [6.45, 7) is 5.29. The summed E-state index contributed by atoms with van der Waals surface area (Å²) in [6.07, 6.45) is 4.88. The first-order valence-electron chi connectivity index (χ1n) is 9.32. The van der Waals surface area contributed by atoms with Crippen molar-refractivity contribution in [3.05, 3.63) is 24.0 Å². The Morgan fingerprint density at radius 3 is 2.58 bits per heavy atom. The van der Waals surface area contributed by atoms with Crippen LogP contribution in [0.4, 0.5) is 0 Å². The van der Waals surface area contributed by atoms with Crippen LogP contribution in [0, 0.1) is 6.92 Å². The predicted octanol–water partition coefficient (Wildman–Crippen LogP) is 1.49. The van der Waals surface area contributed by atoms with Crippen LogP contribution in [0.1, 0.15) is 44.7 Å². The highest BCUT2D eigenvalue weighted by molar-refractivity contribution is 5.93. The minimum atomic E-state index is -1.01. The van der Waals surface area contributed by atoms with E-state index < -0.39 is 11.1 Å². The number of hydrogen-bond donors (Lipinski definition) is 2. The van der Waals surface area contributed by atoms with Gasteiger partial charge in [0, 0.05) is 19.0 Å². The zero-order chi connectivity index (χ0) is 18.6. The van der Waals surface area contributed by atoms with Crippen LogP contribution in [0.5, 0.6) is 5.75 Å². The number of hydrogen-bond acceptors (Lipinski definition) is 6. The molecule has 7 heteroatoms. The first-order valence-corrected chi connectivity index (χ1v) is 9.32. The molecule has 1 saturated carbocycles. The number of pyridine rings is 1. The molecule has 2 aliphatic rings. The zero-order valence-corrected chi connectivity index (χ0v) is 15.5. The van der Waals surface area contributed by atoms with Gasteiger partial charge in [-0.1, -0.05) is 0 Å². The number of piperidine rings is 1. The van der Waals surface area contributed by atoms with Gasteiger partial charge in [-0.3, -0.25) is 9.78 Å². The molecule has 26 heavy (non-hydrogen) atoms. The summed E-state index contributed by atoms with van der Waals surface area (Å²) in [6, 6.07) is 3.62. The van der Waals surface area contributed by atoms with Crippen molar-refractivity contribution < 1.29 is 19.1 Å². The van der Waals surface area contributed by atoms with E-state index in [0.717, 1.165) is 12.1 Å². The standard InChI is InChI=1S/C19H27N3O4/c1-3-25-17(24)18(7-5-8-18)22-16(23)19(9-12-20-13-10-19)26-15-6-4-11-21-14(15)2/h4,6,11,20H,3,5,7-10,12-13H2,1-2H3,(H,22,23). The van der Waals surface area contributed by atoms with Gasteiger partial charge in [-0.05, 0) is 58.3 Å². The second-order valence-corrected chi connectivity index (χ2v) is 7.04. The van der Waals surface area contributed by atoms with Crippen LogP contribution in [0.25, 0.3) is 0 Å². The van der Waals surface area contributed by atoms with Gasteiger partial charge in [-0.2, -0.15) is 0 Å². The molecule has 1 saturated heterocycles. The highest BCUT2D eigenvalue weighted by atomic mass is 16.5. The molecule has 2 N–H and O–H groups in total. The van der Waals surface area contributed by atoms with Crippen molar-refractivity contribution >= 4 is 11.9 Å². The lowest BCUT2D eigenvalue weighted by atomic mass is 9.75. The molecule has 7 nitrogen and oxygen atoms in total. The summed E-state index contributed by atoms with van der Waals surface area (Å²) in [4.78, 5) is 29.9. The summed E-state index contributed by atoms with van der Waals surface area (Å²) < 4.78 is 11.4. The molecule has 1 aromatic heterocycles. The van der Waals surface area contributed by atoms with E-state index in [0.29, 0.717) is 51.1 Å². The van der Waals surface area contributed by atoms with Gasteiger partial charge in [-0.25, -0.2) is 4.79 Å². The van der Waals surface area contributed by atoms with Gasteiger partial charge in [0.25, 0.3) is 5.91 Å². The van der Waals surface area contributed by atoms with E-state index in [1.807, 2.05) is 13.0 Å². The van der Waals surface area contributed by atoms with Crippen LogP contribution >= 0.6 is 0 Å². The van der Waals surface area contributed by atoms with Crippen LogP contribution < -0.4 is 15.4 Å². The Morgan fingerprint density at radius 2 is 2.00 bits per heavy atom. The highest BCUT2D eigenvalue weighted by Crippen LogP contribution is 2.35. The molecule has 142 valence electrons. The Hall–Kier alpha value is -2.15. The molecule has 0 unspecified atom stereocenters. The second-order valence-electron chi connectivity index (χ2n) is 7.04. The first kappa shape index (κ1) is 18.6. The van der Waals surface area contributed by atoms with E-state index in [4.69, 9.17) is 9.47 Å². The van der Waals surface area contributed by atoms with Crippen molar-refractivity contribution in [1.29, 1.82) is 0 Å². The average Bonchev–Trinajstić information content (AvgIpc) is 2.61. The Bertz CT molecular complexity index is 667. The minimum absolute atomic E-state index is 0.241. The van der Waals surface area contributed by atoms with Crippen LogP contribution in [0.15, 0.2) is 18.3 Å². The summed E-state index contributed by atoms with van der Waals surface area (Å²) in [5.74, 6) is 0.0135. The molecule has 2 fully saturated rings. The topological polar surface area (TPSA) is 89.5 Å². The number of ether oxygens (including phenoxy) is 2. The lowest BCUT2D eigenvalue weighted by Crippen LogP contribution is -2.66. The van der Waals surface area contributed by atoms with Crippen LogP contribution in [0.3, 0.4) is 0 Å². The van der Waals surface area contributed by atoms with Crippen LogP contribution in [0.2, 0.25) is 0 Å². The van der Waals surface area contributed by atoms with Crippen LogP contribution in [-0.4, -0.2) is 47.7 Å². The van der Waals surface area contributed by atoms with Gasteiger partial charge >= 0.3 is 5.97 Å². The van der Waals surface area contributed by atoms with E-state index >= 15 is 0 Å². The minimum Gasteiger partial charge on any atom is -0.475 e. The summed E-state index contributed by atoms with van der Waals surface area (Å²) in [5, 5.41) is 6.24. The largest absolute Gasteiger partial charge is 0.475 e. The maximum atomic E-state index is 13.3. The van der Waals surface area contributed by atoms with Gasteiger partial charge in [0.15, 0.2) is 5.60 Å². The third kappa shape index (κ3) is 3.53. The molecule has 0 atom stereocenters. The fourth-order valence-electron chi connectivity index (χ4n) is 3.50. The first-order chi connectivity index (χ1) is 12.5. The molecular formula is C19H27N3O4. The van der Waals surface area contributed by atoms with Crippen molar-refractivity contribution in [2.24, 2.45) is 0 Å². The number of aryl methyl sites for hydroxylation is 1. The molecule has 2 heterocycles. The zero-order valence-electron chi connectivity index (χ0n) is 15.5. The summed E-state index contributed by atoms with van der Waals surface area (Å²) in [7, 11) is 0. The fourth-order valence-corrected chi connectivity index (χ4v) is 3.50. The molecule has 0 aromatic carbocycles. The van der Waals surface area contributed by atoms with E-state index in [-0.39, 0.29) is 11.9 Å². The average molecular weight is 361 g/mol. The third-order valence-electron chi connectivity index (χ3n) is 5.31. The Balaban J connectivity index is 1.82. The smallest absolute Gasteiger partial charge is 0.331 e. The Labute approximate surface area is 153 Å². The number of carbonyl (C=O) groups excluding carboxylic acids is 2. The van der Waals surface area contributed by atoms with Gasteiger partial charge in [0.05, 0.1) is 12.3 Å². The second kappa shape index (κ2) is 7.61. The molecule has 3 rings (SSSR count). The Kier molecular flexibility index (Phi) is 5.46. The van der Waals surface area contributed by atoms with E-state index in [2.05, 4.69) is 15.6 Å². The lowest BCUT2D eigenvalue weighted by molar-refractivity contribution is -0.161. The van der Waals surface area contributed by atoms with Crippen molar-refractivity contribution in [2.75, 3.05) is 19.7 Å². The number of esters is 1. The normalized spacial score (nSPS) is 20.5. The van der Waals surface area contributed by atoms with E-state index in [1.165, 1.54) is 0 Å². The predicted molar refractivity (Wildman–Crippen MR) is 95.8 cm³/mol. The number of nitrogens with one attached hydrogen (secondary N) is 2. The quantitative estimate of drug-likeness (QED) is 0.746. The molecule has 1 aromatic rings. The number of carbonyl (C=O) groups is 2. The molecule has 0 bridgehead atoms. The molecule has 1 aliphatic heterocycles. The van der Waals surface area contributed by atoms with Gasteiger partial charge in [0.2, 0.25) is 0 Å². The molecular weight excluding hydrogens is 334 g/mol. The molecule has 1 aliphatic carbocycles. The summed E-state index contributed by atoms with van der Waals surface area (Å²) in [5.41, 5.74) is -1.17. The third-order valence-corrected chi connectivity index (χ3v) is 5.31.